The van der Waals surface area contributed by atoms with Gasteiger partial charge in [0.05, 0.1) is 4.90 Å². The molecule has 1 fully saturated rings. The van der Waals surface area contributed by atoms with Gasteiger partial charge in [-0.2, -0.15) is 12.7 Å². The molecule has 0 unspecified atom stereocenters. The van der Waals surface area contributed by atoms with Crippen LogP contribution in [0.1, 0.15) is 33.6 Å². The molecule has 1 aromatic carbocycles. The van der Waals surface area contributed by atoms with Gasteiger partial charge in [-0.3, -0.25) is 9.52 Å². The number of hydrogen-bond acceptors (Lipinski definition) is 8. The van der Waals surface area contributed by atoms with Gasteiger partial charge >= 0.3 is 0 Å². The van der Waals surface area contributed by atoms with Crippen LogP contribution in [0.4, 0.5) is 10.8 Å². The third-order valence-electron chi connectivity index (χ3n) is 4.35. The Bertz CT molecular complexity index is 1130. The molecular weight excluding hydrogens is 450 g/mol. The largest absolute Gasteiger partial charge is 0.300 e. The lowest BCUT2D eigenvalue weighted by Gasteiger charge is -2.15. The number of amides is 1. The van der Waals surface area contributed by atoms with Crippen LogP contribution in [0.2, 0.25) is 0 Å². The average Bonchev–Trinajstić information content (AvgIpc) is 3.33. The molecule has 1 aromatic heterocycles. The Labute approximate surface area is 179 Å². The third-order valence-corrected chi connectivity index (χ3v) is 8.85. The number of hydrogen-bond donors (Lipinski definition) is 2. The SMILES string of the molecule is CC(C)(C)C(=O)Nc1nnc(S(=O)(=O)Nc2ccc(S(=O)(=O)N3CCCC3)cc2)s1. The first-order chi connectivity index (χ1) is 13.9. The minimum Gasteiger partial charge on any atom is -0.300 e. The fourth-order valence-corrected chi connectivity index (χ4v) is 6.10. The highest BCUT2D eigenvalue weighted by Crippen LogP contribution is 2.26. The predicted octanol–water partition coefficient (Wildman–Crippen LogP) is 2.11. The van der Waals surface area contributed by atoms with E-state index in [1.165, 1.54) is 28.6 Å². The molecule has 2 N–H and O–H groups in total. The van der Waals surface area contributed by atoms with Gasteiger partial charge in [-0.05, 0) is 37.1 Å². The van der Waals surface area contributed by atoms with Crippen molar-refractivity contribution < 1.29 is 21.6 Å². The van der Waals surface area contributed by atoms with E-state index in [0.717, 1.165) is 24.2 Å². The molecule has 3 rings (SSSR count). The third kappa shape index (κ3) is 4.96. The minimum absolute atomic E-state index is 0.0716. The Hall–Kier alpha value is -2.09. The first-order valence-corrected chi connectivity index (χ1v) is 12.9. The second kappa shape index (κ2) is 8.21. The van der Waals surface area contributed by atoms with Crippen LogP contribution < -0.4 is 10.0 Å². The molecule has 0 saturated carbocycles. The summed E-state index contributed by atoms with van der Waals surface area (Å²) >= 11 is 0.721. The lowest BCUT2D eigenvalue weighted by atomic mass is 9.96. The molecule has 1 aliphatic rings. The Kier molecular flexibility index (Phi) is 6.18. The molecule has 1 aliphatic heterocycles. The molecule has 30 heavy (non-hydrogen) atoms. The average molecular weight is 474 g/mol. The summed E-state index contributed by atoms with van der Waals surface area (Å²) < 4.78 is 53.6. The highest BCUT2D eigenvalue weighted by molar-refractivity contribution is 7.94. The maximum atomic E-state index is 12.5. The molecule has 0 bridgehead atoms. The van der Waals surface area contributed by atoms with Crippen LogP contribution in [-0.4, -0.2) is 50.3 Å². The van der Waals surface area contributed by atoms with Crippen molar-refractivity contribution in [2.75, 3.05) is 23.1 Å². The summed E-state index contributed by atoms with van der Waals surface area (Å²) in [6, 6.07) is 5.48. The fraction of sp³-hybridized carbons (Fsp3) is 0.471. The van der Waals surface area contributed by atoms with Crippen molar-refractivity contribution in [3.63, 3.8) is 0 Å². The molecule has 2 heterocycles. The molecule has 13 heteroatoms. The standard InChI is InChI=1S/C17H23N5O5S3/c1-17(2,3)14(23)18-15-19-20-16(28-15)29(24,25)21-12-6-8-13(9-7-12)30(26,27)22-10-4-5-11-22/h6-9,21H,4-5,10-11H2,1-3H3,(H,18,19,23). The molecule has 1 saturated heterocycles. The normalized spacial score (nSPS) is 15.8. The maximum Gasteiger partial charge on any atom is 0.291 e. The molecule has 1 amide bonds. The molecule has 0 spiro atoms. The quantitative estimate of drug-likeness (QED) is 0.613. The molecule has 0 radical (unpaired) electrons. The summed E-state index contributed by atoms with van der Waals surface area (Å²) in [4.78, 5) is 12.1. The van der Waals surface area contributed by atoms with Crippen molar-refractivity contribution in [2.45, 2.75) is 42.8 Å². The van der Waals surface area contributed by atoms with E-state index in [0.29, 0.717) is 13.1 Å². The van der Waals surface area contributed by atoms with E-state index in [4.69, 9.17) is 0 Å². The van der Waals surface area contributed by atoms with Gasteiger partial charge in [0.25, 0.3) is 14.4 Å². The maximum absolute atomic E-state index is 12.5. The van der Waals surface area contributed by atoms with Crippen molar-refractivity contribution in [1.82, 2.24) is 14.5 Å². The highest BCUT2D eigenvalue weighted by Gasteiger charge is 2.28. The molecule has 164 valence electrons. The van der Waals surface area contributed by atoms with Gasteiger partial charge in [-0.25, -0.2) is 8.42 Å². The van der Waals surface area contributed by atoms with Crippen LogP contribution in [0, 0.1) is 5.41 Å². The first-order valence-electron chi connectivity index (χ1n) is 9.18. The Balaban J connectivity index is 1.72. The van der Waals surface area contributed by atoms with Gasteiger partial charge in [0.2, 0.25) is 21.1 Å². The van der Waals surface area contributed by atoms with Gasteiger partial charge in [0, 0.05) is 24.2 Å². The number of benzene rings is 1. The molecular formula is C17H23N5O5S3. The zero-order valence-corrected chi connectivity index (χ0v) is 19.2. The van der Waals surface area contributed by atoms with E-state index >= 15 is 0 Å². The van der Waals surface area contributed by atoms with E-state index in [1.807, 2.05) is 0 Å². The molecule has 10 nitrogen and oxygen atoms in total. The van der Waals surface area contributed by atoms with Gasteiger partial charge in [-0.1, -0.05) is 32.1 Å². The summed E-state index contributed by atoms with van der Waals surface area (Å²) in [5, 5.41) is 9.93. The van der Waals surface area contributed by atoms with Crippen molar-refractivity contribution in [2.24, 2.45) is 5.41 Å². The number of nitrogens with zero attached hydrogens (tertiary/aromatic N) is 3. The summed E-state index contributed by atoms with van der Waals surface area (Å²) in [7, 11) is -7.62. The van der Waals surface area contributed by atoms with E-state index < -0.39 is 25.5 Å². The molecule has 0 atom stereocenters. The lowest BCUT2D eigenvalue weighted by Crippen LogP contribution is -2.27. The molecule has 0 aliphatic carbocycles. The number of carbonyl (C=O) groups excluding carboxylic acids is 1. The number of aromatic nitrogens is 2. The lowest BCUT2D eigenvalue weighted by molar-refractivity contribution is -0.123. The highest BCUT2D eigenvalue weighted by atomic mass is 32.2. The number of anilines is 2. The number of rotatable bonds is 6. The van der Waals surface area contributed by atoms with E-state index in [9.17, 15) is 21.6 Å². The van der Waals surface area contributed by atoms with Crippen LogP contribution >= 0.6 is 11.3 Å². The van der Waals surface area contributed by atoms with Gasteiger partial charge in [-0.15, -0.1) is 10.2 Å². The van der Waals surface area contributed by atoms with Crippen LogP contribution in [0.15, 0.2) is 33.5 Å². The second-order valence-corrected chi connectivity index (χ2v) is 12.6. The summed E-state index contributed by atoms with van der Waals surface area (Å²) in [5.74, 6) is -0.314. The number of carbonyl (C=O) groups is 1. The Morgan fingerprint density at radius 2 is 1.63 bits per heavy atom. The van der Waals surface area contributed by atoms with E-state index in [2.05, 4.69) is 20.2 Å². The van der Waals surface area contributed by atoms with E-state index in [-0.39, 0.29) is 26.0 Å². The minimum atomic E-state index is -4.04. The summed E-state index contributed by atoms with van der Waals surface area (Å²) in [6.07, 6.45) is 1.66. The van der Waals surface area contributed by atoms with Crippen molar-refractivity contribution >= 4 is 48.1 Å². The van der Waals surface area contributed by atoms with E-state index in [1.54, 1.807) is 20.8 Å². The Morgan fingerprint density at radius 3 is 2.20 bits per heavy atom. The van der Waals surface area contributed by atoms with Crippen LogP contribution in [0.25, 0.3) is 0 Å². The fourth-order valence-electron chi connectivity index (χ4n) is 2.62. The van der Waals surface area contributed by atoms with Gasteiger partial charge in [0.1, 0.15) is 0 Å². The number of sulfonamides is 2. The second-order valence-electron chi connectivity index (χ2n) is 7.82. The topological polar surface area (TPSA) is 138 Å². The van der Waals surface area contributed by atoms with Gasteiger partial charge < -0.3 is 5.32 Å². The zero-order chi connectivity index (χ0) is 22.2. The monoisotopic (exact) mass is 473 g/mol. The van der Waals surface area contributed by atoms with Crippen LogP contribution in [0.3, 0.4) is 0 Å². The first kappa shape index (κ1) is 22.6. The predicted molar refractivity (Wildman–Crippen MR) is 113 cm³/mol. The summed E-state index contributed by atoms with van der Waals surface area (Å²) in [5.41, 5.74) is -0.481. The number of nitrogens with one attached hydrogen (secondary N) is 2. The van der Waals surface area contributed by atoms with Crippen molar-refractivity contribution in [1.29, 1.82) is 0 Å². The zero-order valence-electron chi connectivity index (χ0n) is 16.7. The Morgan fingerprint density at radius 1 is 1.03 bits per heavy atom. The van der Waals surface area contributed by atoms with Crippen LogP contribution in [-0.2, 0) is 24.8 Å². The molecule has 2 aromatic rings. The van der Waals surface area contributed by atoms with Crippen LogP contribution in [0.5, 0.6) is 0 Å². The smallest absolute Gasteiger partial charge is 0.291 e. The summed E-state index contributed by atoms with van der Waals surface area (Å²) in [6.45, 7) is 6.13. The van der Waals surface area contributed by atoms with Gasteiger partial charge in [0.15, 0.2) is 0 Å². The van der Waals surface area contributed by atoms with Crippen molar-refractivity contribution in [3.8, 4) is 0 Å². The van der Waals surface area contributed by atoms with Crippen molar-refractivity contribution in [3.05, 3.63) is 24.3 Å².